The maximum Gasteiger partial charge on any atom is 4.00 e. The summed E-state index contributed by atoms with van der Waals surface area (Å²) in [4.78, 5) is 0. The van der Waals surface area contributed by atoms with E-state index in [4.69, 9.17) is 17.0 Å². The van der Waals surface area contributed by atoms with Crippen molar-refractivity contribution in [1.82, 2.24) is 0 Å². The van der Waals surface area contributed by atoms with Gasteiger partial charge in [-0.05, 0) is 145 Å². The number of halogens is 2. The summed E-state index contributed by atoms with van der Waals surface area (Å²) in [6, 6.07) is 36.3. The molecule has 0 aliphatic heterocycles. The van der Waals surface area contributed by atoms with Crippen LogP contribution in [-0.4, -0.2) is 28.2 Å². The second kappa shape index (κ2) is 31.2. The van der Waals surface area contributed by atoms with Crippen molar-refractivity contribution >= 4 is 17.0 Å². The topological polar surface area (TPSA) is 28.2 Å². The van der Waals surface area contributed by atoms with Crippen LogP contribution in [0.5, 0.6) is 0 Å². The minimum Gasteiger partial charge on any atom is -0.0620 e. The van der Waals surface area contributed by atoms with Gasteiger partial charge in [0.15, 0.2) is 0 Å². The third kappa shape index (κ3) is 16.2. The van der Waals surface area contributed by atoms with Crippen LogP contribution in [0.25, 0.3) is 10.6 Å². The molecule has 0 N–H and O–H groups in total. The molecular formula is C48H68Cl2N2Zr2. The Hall–Kier alpha value is -0.854. The maximum atomic E-state index is 4.93. The second-order valence-electron chi connectivity index (χ2n) is 13.9. The van der Waals surface area contributed by atoms with Gasteiger partial charge in [0.1, 0.15) is 0 Å². The zero-order valence-corrected chi connectivity index (χ0v) is 41.1. The van der Waals surface area contributed by atoms with E-state index >= 15 is 0 Å². The molecule has 6 heteroatoms. The smallest absolute Gasteiger partial charge is 0.0620 e. The van der Waals surface area contributed by atoms with Crippen molar-refractivity contribution in [3.05, 3.63) is 182 Å². The van der Waals surface area contributed by atoms with E-state index in [-0.39, 0.29) is 55.9 Å². The van der Waals surface area contributed by atoms with Crippen molar-refractivity contribution in [2.24, 2.45) is 0 Å². The fraction of sp³-hybridized carbons (Fsp3) is 0.417. The zero-order valence-electron chi connectivity index (χ0n) is 34.7. The van der Waals surface area contributed by atoms with Gasteiger partial charge in [-0.1, -0.05) is 97.1 Å². The van der Waals surface area contributed by atoms with E-state index in [2.05, 4.69) is 108 Å². The van der Waals surface area contributed by atoms with Gasteiger partial charge in [-0.3, -0.25) is 0 Å². The average molecular weight is 926 g/mol. The molecule has 4 atom stereocenters. The Morgan fingerprint density at radius 3 is 0.778 bits per heavy atom. The number of benzene rings is 4. The van der Waals surface area contributed by atoms with E-state index in [1.54, 1.807) is 72.7 Å². The monoisotopic (exact) mass is 922 g/mol. The first kappa shape index (κ1) is 55.2. The fourth-order valence-electron chi connectivity index (χ4n) is 8.59. The third-order valence-corrected chi connectivity index (χ3v) is 10.8. The first-order chi connectivity index (χ1) is 24.1. The van der Waals surface area contributed by atoms with E-state index in [0.29, 0.717) is 0 Å². The van der Waals surface area contributed by atoms with E-state index in [9.17, 15) is 0 Å². The van der Waals surface area contributed by atoms with E-state index in [1.807, 2.05) is 0 Å². The van der Waals surface area contributed by atoms with Crippen LogP contribution in [0.2, 0.25) is 0 Å². The summed E-state index contributed by atoms with van der Waals surface area (Å²) in [7, 11) is 16.9. The molecule has 4 aliphatic rings. The van der Waals surface area contributed by atoms with Gasteiger partial charge in [0.05, 0.1) is 0 Å². The fourth-order valence-corrected chi connectivity index (χ4v) is 8.59. The summed E-state index contributed by atoms with van der Waals surface area (Å²) >= 11 is -0.826. The predicted molar refractivity (Wildman–Crippen MR) is 236 cm³/mol. The average Bonchev–Trinajstić information content (AvgIpc) is 3.93. The zero-order chi connectivity index (χ0) is 34.8. The molecule has 0 fully saturated rings. The van der Waals surface area contributed by atoms with Crippen LogP contribution in [0.4, 0.5) is 0 Å². The van der Waals surface area contributed by atoms with Crippen LogP contribution >= 0.6 is 17.0 Å². The number of hydrogen-bond acceptors (Lipinski definition) is 0. The molecule has 0 heterocycles. The summed E-state index contributed by atoms with van der Waals surface area (Å²) in [6.07, 6.45) is 16.1. The van der Waals surface area contributed by atoms with Crippen LogP contribution in [0.1, 0.15) is 120 Å². The summed E-state index contributed by atoms with van der Waals surface area (Å²) in [5.74, 6) is 3.27. The Balaban J connectivity index is 0. The molecule has 0 spiro atoms. The van der Waals surface area contributed by atoms with E-state index < -0.39 is 20.8 Å². The molecule has 0 amide bonds. The normalized spacial score (nSPS) is 18.3. The molecule has 0 aromatic heterocycles. The number of aryl methyl sites for hydroxylation is 4. The molecule has 0 radical (unpaired) electrons. The Morgan fingerprint density at radius 2 is 0.593 bits per heavy atom. The van der Waals surface area contributed by atoms with E-state index in [1.165, 1.54) is 77.0 Å². The molecule has 8 rings (SSSR count). The van der Waals surface area contributed by atoms with Gasteiger partial charge in [0.25, 0.3) is 0 Å². The van der Waals surface area contributed by atoms with Gasteiger partial charge in [0.2, 0.25) is 0 Å². The minimum absolute atomic E-state index is 0. The Morgan fingerprint density at radius 1 is 0.426 bits per heavy atom. The third-order valence-electron chi connectivity index (χ3n) is 10.8. The van der Waals surface area contributed by atoms with Gasteiger partial charge in [-0.2, -0.15) is 28.2 Å². The number of rotatable bonds is 6. The van der Waals surface area contributed by atoms with Crippen molar-refractivity contribution in [1.29, 1.82) is 0 Å². The molecule has 4 aliphatic carbocycles. The largest absolute Gasteiger partial charge is 4.00 e. The van der Waals surface area contributed by atoms with Crippen molar-refractivity contribution < 1.29 is 47.1 Å². The van der Waals surface area contributed by atoms with Crippen molar-refractivity contribution in [2.75, 3.05) is 28.2 Å². The quantitative estimate of drug-likeness (QED) is 0.172. The second-order valence-corrected chi connectivity index (χ2v) is 17.6. The van der Waals surface area contributed by atoms with Crippen LogP contribution in [0.15, 0.2) is 97.1 Å². The molecule has 4 aromatic rings. The maximum absolute atomic E-state index is 4.93. The Bertz CT molecular complexity index is 1300. The number of hydrogen-bond donors (Lipinski definition) is 0. The molecule has 292 valence electrons. The van der Waals surface area contributed by atoms with Gasteiger partial charge in [-0.25, -0.2) is 0 Å². The summed E-state index contributed by atoms with van der Waals surface area (Å²) < 4.78 is 0. The standard InChI is InChI=1S/2C20H22.2C2H6N.4CH3.2ClH.2Zr/c2*1-3-7-19-15(5-1)9-11-17(19)13-14-18-12-10-16-6-2-4-8-20(16)18;2*1-3-2;;;;;;;;/h2*1-8,17-18H,9-14H2;2*1-2H3;4*1H3;2*1H;;/q;;6*-1;;;2*+4/p-2/t2*17-,18?;;;;;;;;;;/m00........../s1. The molecule has 54 heavy (non-hydrogen) atoms. The Labute approximate surface area is 371 Å². The molecule has 0 saturated heterocycles. The minimum atomic E-state index is -0.826. The van der Waals surface area contributed by atoms with Gasteiger partial charge < -0.3 is 40.3 Å². The van der Waals surface area contributed by atoms with Crippen molar-refractivity contribution in [3.8, 4) is 0 Å². The van der Waals surface area contributed by atoms with Crippen molar-refractivity contribution in [3.63, 3.8) is 0 Å². The summed E-state index contributed by atoms with van der Waals surface area (Å²) in [6.45, 7) is 0. The molecule has 4 aromatic carbocycles. The summed E-state index contributed by atoms with van der Waals surface area (Å²) in [5, 5.41) is 7.00. The first-order valence-electron chi connectivity index (χ1n) is 18.3. The molecule has 2 unspecified atom stereocenters. The summed E-state index contributed by atoms with van der Waals surface area (Å²) in [5.41, 5.74) is 13.0. The molecule has 0 saturated carbocycles. The van der Waals surface area contributed by atoms with Crippen LogP contribution in [0.3, 0.4) is 0 Å². The Kier molecular flexibility index (Phi) is 31.9. The number of nitrogens with zero attached hydrogens (tertiary/aromatic N) is 2. The predicted octanol–water partition coefficient (Wildman–Crippen LogP) is 14.9. The van der Waals surface area contributed by atoms with Gasteiger partial charge in [0, 0.05) is 0 Å². The van der Waals surface area contributed by atoms with Crippen LogP contribution in [0, 0.1) is 29.7 Å². The van der Waals surface area contributed by atoms with E-state index in [0.717, 1.165) is 23.7 Å². The van der Waals surface area contributed by atoms with Crippen molar-refractivity contribution in [2.45, 2.75) is 101 Å². The molecule has 0 bridgehead atoms. The number of fused-ring (bicyclic) bond motifs is 4. The van der Waals surface area contributed by atoms with Crippen LogP contribution in [-0.2, 0) is 72.7 Å². The van der Waals surface area contributed by atoms with Gasteiger partial charge >= 0.3 is 64.1 Å². The van der Waals surface area contributed by atoms with Gasteiger partial charge in [-0.15, -0.1) is 0 Å². The molecule has 2 nitrogen and oxygen atoms in total. The van der Waals surface area contributed by atoms with Crippen LogP contribution < -0.4 is 0 Å². The molecular weight excluding hydrogens is 858 g/mol. The SMILES string of the molecule is C[N-]C.C[N-]C.[CH3-].[CH3-].[CH3-].[CH3-].[Cl][Zr+2][Cl].[Zr+4].c1ccc2c(c1)CCC2CC[C@@H]1CCc2ccccc21.c1ccc2c(c1)CCC2CC[C@@H]1CCc2ccccc21. The first-order valence-corrected chi connectivity index (χ1v) is 24.6.